The molecule has 0 aliphatic carbocycles. The number of likely N-dealkylation sites (tertiary alicyclic amines) is 2. The van der Waals surface area contributed by atoms with Crippen LogP contribution in [-0.4, -0.2) is 77.9 Å². The average Bonchev–Trinajstić information content (AvgIpc) is 3.11. The highest BCUT2D eigenvalue weighted by Gasteiger charge is 2.54. The van der Waals surface area contributed by atoms with Gasteiger partial charge in [-0.2, -0.15) is 0 Å². The molecule has 1 spiro atoms. The van der Waals surface area contributed by atoms with Crippen molar-refractivity contribution in [2.24, 2.45) is 5.41 Å². The number of anilines is 1. The first-order valence-electron chi connectivity index (χ1n) is 13.5. The van der Waals surface area contributed by atoms with Crippen LogP contribution in [0, 0.1) is 10.8 Å². The summed E-state index contributed by atoms with van der Waals surface area (Å²) in [6.45, 7) is 8.90. The Hall–Kier alpha value is -3.40. The second-order valence-electron chi connectivity index (χ2n) is 11.1. The largest absolute Gasteiger partial charge is 0.459 e. The molecular weight excluding hydrogens is 484 g/mol. The Morgan fingerprint density at radius 1 is 1.16 bits per heavy atom. The summed E-state index contributed by atoms with van der Waals surface area (Å²) in [7, 11) is 0. The molecule has 0 saturated carbocycles. The van der Waals surface area contributed by atoms with Crippen LogP contribution in [-0.2, 0) is 14.3 Å². The number of esters is 1. The van der Waals surface area contributed by atoms with E-state index in [1.54, 1.807) is 11.8 Å². The zero-order valence-electron chi connectivity index (χ0n) is 22.6. The van der Waals surface area contributed by atoms with Gasteiger partial charge in [0.15, 0.2) is 0 Å². The summed E-state index contributed by atoms with van der Waals surface area (Å²) < 4.78 is 5.69. The second kappa shape index (κ2) is 11.6. The van der Waals surface area contributed by atoms with Crippen molar-refractivity contribution in [2.75, 3.05) is 38.0 Å². The van der Waals surface area contributed by atoms with Crippen LogP contribution in [0.2, 0.25) is 0 Å². The van der Waals surface area contributed by atoms with Gasteiger partial charge in [-0.1, -0.05) is 18.2 Å². The normalized spacial score (nSPS) is 24.1. The highest BCUT2D eigenvalue weighted by atomic mass is 16.6. The van der Waals surface area contributed by atoms with Crippen molar-refractivity contribution >= 4 is 29.4 Å². The van der Waals surface area contributed by atoms with E-state index >= 15 is 0 Å². The Morgan fingerprint density at radius 3 is 2.50 bits per heavy atom. The maximum atomic E-state index is 13.5. The third kappa shape index (κ3) is 6.35. The molecule has 4 rings (SSSR count). The monoisotopic (exact) mass is 524 g/mol. The standard InChI is InChI=1S/C28H40N6O4/c1-4-30-26(37)32-23(29)22(17-31-20-9-6-5-7-10-20)24(35)33-15-11-21(12-16-33)34-14-8-13-28(19-34)18-27(2,3)38-25(28)36/h5-7,9-10,17,21,31H,4,8,11-16,18-19H2,1-3H3,(H3,29,30,32,37)/b22-17+. The summed E-state index contributed by atoms with van der Waals surface area (Å²) in [6, 6.07) is 9.12. The van der Waals surface area contributed by atoms with Gasteiger partial charge in [0.05, 0.1) is 11.0 Å². The number of urea groups is 1. The van der Waals surface area contributed by atoms with Gasteiger partial charge in [0.25, 0.3) is 5.91 Å². The molecule has 3 heterocycles. The number of nitrogens with one attached hydrogen (secondary N) is 4. The molecule has 10 nitrogen and oxygen atoms in total. The van der Waals surface area contributed by atoms with Crippen molar-refractivity contribution in [2.45, 2.75) is 64.5 Å². The third-order valence-corrected chi connectivity index (χ3v) is 7.67. The lowest BCUT2D eigenvalue weighted by Crippen LogP contribution is -2.54. The zero-order chi connectivity index (χ0) is 27.3. The maximum Gasteiger partial charge on any atom is 0.320 e. The number of para-hydroxylation sites is 1. The van der Waals surface area contributed by atoms with Gasteiger partial charge in [0.1, 0.15) is 11.4 Å². The fraction of sp³-hybridized carbons (Fsp3) is 0.571. The van der Waals surface area contributed by atoms with Crippen molar-refractivity contribution in [1.82, 2.24) is 20.4 Å². The summed E-state index contributed by atoms with van der Waals surface area (Å²) in [6.07, 6.45) is 5.64. The van der Waals surface area contributed by atoms with Gasteiger partial charge in [-0.15, -0.1) is 0 Å². The molecule has 38 heavy (non-hydrogen) atoms. The molecule has 0 aromatic heterocycles. The minimum Gasteiger partial charge on any atom is -0.459 e. The molecule has 3 saturated heterocycles. The summed E-state index contributed by atoms with van der Waals surface area (Å²) in [5.74, 6) is -0.629. The molecule has 3 fully saturated rings. The molecule has 1 unspecified atom stereocenters. The van der Waals surface area contributed by atoms with Gasteiger partial charge in [-0.25, -0.2) is 4.79 Å². The molecule has 1 atom stereocenters. The van der Waals surface area contributed by atoms with Crippen LogP contribution < -0.4 is 16.0 Å². The van der Waals surface area contributed by atoms with Crippen molar-refractivity contribution in [3.63, 3.8) is 0 Å². The number of cyclic esters (lactones) is 1. The Balaban J connectivity index is 1.40. The van der Waals surface area contributed by atoms with Crippen molar-refractivity contribution in [3.05, 3.63) is 42.1 Å². The Morgan fingerprint density at radius 2 is 1.87 bits per heavy atom. The lowest BCUT2D eigenvalue weighted by Gasteiger charge is -2.45. The molecular formula is C28H40N6O4. The lowest BCUT2D eigenvalue weighted by molar-refractivity contribution is -0.154. The van der Waals surface area contributed by atoms with Gasteiger partial charge >= 0.3 is 12.0 Å². The van der Waals surface area contributed by atoms with Gasteiger partial charge in [-0.05, 0) is 65.1 Å². The summed E-state index contributed by atoms with van der Waals surface area (Å²) >= 11 is 0. The first-order valence-corrected chi connectivity index (χ1v) is 13.5. The van der Waals surface area contributed by atoms with Crippen LogP contribution in [0.25, 0.3) is 0 Å². The summed E-state index contributed by atoms with van der Waals surface area (Å²) in [5, 5.41) is 16.6. The number of piperidine rings is 2. The second-order valence-corrected chi connectivity index (χ2v) is 11.1. The van der Waals surface area contributed by atoms with Crippen molar-refractivity contribution in [3.8, 4) is 0 Å². The average molecular weight is 525 g/mol. The molecule has 206 valence electrons. The number of amidine groups is 1. The Bertz CT molecular complexity index is 1080. The van der Waals surface area contributed by atoms with E-state index in [1.165, 1.54) is 6.20 Å². The van der Waals surface area contributed by atoms with Crippen LogP contribution >= 0.6 is 0 Å². The first kappa shape index (κ1) is 27.6. The fourth-order valence-electron chi connectivity index (χ4n) is 5.99. The van der Waals surface area contributed by atoms with E-state index in [9.17, 15) is 14.4 Å². The molecule has 1 aromatic carbocycles. The molecule has 1 aromatic rings. The number of ether oxygens (including phenoxy) is 1. The lowest BCUT2D eigenvalue weighted by atomic mass is 9.74. The first-order chi connectivity index (χ1) is 18.1. The molecule has 0 radical (unpaired) electrons. The molecule has 3 amide bonds. The van der Waals surface area contributed by atoms with Crippen LogP contribution in [0.15, 0.2) is 42.1 Å². The van der Waals surface area contributed by atoms with E-state index in [0.717, 1.165) is 44.3 Å². The number of carbonyl (C=O) groups excluding carboxylic acids is 3. The Kier molecular flexibility index (Phi) is 8.40. The predicted molar refractivity (Wildman–Crippen MR) is 146 cm³/mol. The smallest absolute Gasteiger partial charge is 0.320 e. The minimum absolute atomic E-state index is 0.0707. The van der Waals surface area contributed by atoms with E-state index < -0.39 is 17.0 Å². The van der Waals surface area contributed by atoms with E-state index in [-0.39, 0.29) is 29.3 Å². The predicted octanol–water partition coefficient (Wildman–Crippen LogP) is 3.08. The summed E-state index contributed by atoms with van der Waals surface area (Å²) in [5.41, 5.74) is 0.0216. The highest BCUT2D eigenvalue weighted by Crippen LogP contribution is 2.46. The SMILES string of the molecule is CCNC(=O)NC(=N)/C(=C\Nc1ccccc1)C(=O)N1CCC(N2CCCC3(C2)CC(C)(C)OC3=O)CC1. The summed E-state index contributed by atoms with van der Waals surface area (Å²) in [4.78, 5) is 42.5. The highest BCUT2D eigenvalue weighted by molar-refractivity contribution is 6.22. The molecule has 0 bridgehead atoms. The number of hydrogen-bond donors (Lipinski definition) is 4. The van der Waals surface area contributed by atoms with E-state index in [2.05, 4.69) is 20.9 Å². The molecule has 4 N–H and O–H groups in total. The number of rotatable bonds is 6. The van der Waals surface area contributed by atoms with Crippen molar-refractivity contribution < 1.29 is 19.1 Å². The van der Waals surface area contributed by atoms with Crippen LogP contribution in [0.1, 0.15) is 52.9 Å². The minimum atomic E-state index is -0.526. The molecule has 3 aliphatic heterocycles. The Labute approximate surface area is 224 Å². The van der Waals surface area contributed by atoms with E-state index in [4.69, 9.17) is 10.1 Å². The van der Waals surface area contributed by atoms with Gasteiger partial charge in [0, 0.05) is 50.5 Å². The van der Waals surface area contributed by atoms with Gasteiger partial charge in [0.2, 0.25) is 0 Å². The van der Waals surface area contributed by atoms with Crippen molar-refractivity contribution in [1.29, 1.82) is 5.41 Å². The zero-order valence-corrected chi connectivity index (χ0v) is 22.6. The van der Waals surface area contributed by atoms with Gasteiger partial charge in [-0.3, -0.25) is 25.2 Å². The van der Waals surface area contributed by atoms with Crippen LogP contribution in [0.3, 0.4) is 0 Å². The quantitative estimate of drug-likeness (QED) is 0.196. The number of nitrogens with zero attached hydrogens (tertiary/aromatic N) is 2. The fourth-order valence-corrected chi connectivity index (χ4v) is 5.99. The number of hydrogen-bond acceptors (Lipinski definition) is 7. The molecule has 3 aliphatic rings. The van der Waals surface area contributed by atoms with Crippen LogP contribution in [0.5, 0.6) is 0 Å². The van der Waals surface area contributed by atoms with E-state index in [1.807, 2.05) is 44.2 Å². The van der Waals surface area contributed by atoms with Gasteiger partial charge < -0.3 is 20.3 Å². The topological polar surface area (TPSA) is 127 Å². The van der Waals surface area contributed by atoms with Crippen LogP contribution in [0.4, 0.5) is 10.5 Å². The molecule has 10 heteroatoms. The third-order valence-electron chi connectivity index (χ3n) is 7.67. The number of carbonyl (C=O) groups is 3. The number of amides is 3. The number of benzene rings is 1. The van der Waals surface area contributed by atoms with E-state index in [0.29, 0.717) is 26.2 Å². The maximum absolute atomic E-state index is 13.5.